The van der Waals surface area contributed by atoms with Crippen molar-refractivity contribution in [2.75, 3.05) is 26.3 Å². The van der Waals surface area contributed by atoms with E-state index in [0.717, 1.165) is 11.1 Å². The zero-order valence-corrected chi connectivity index (χ0v) is 19.7. The molecular formula is C27H30N2O6. The van der Waals surface area contributed by atoms with Gasteiger partial charge in [-0.1, -0.05) is 48.5 Å². The van der Waals surface area contributed by atoms with E-state index in [4.69, 9.17) is 9.47 Å². The van der Waals surface area contributed by atoms with Gasteiger partial charge in [0.05, 0.1) is 18.6 Å². The number of ether oxygens (including phenoxy) is 2. The average molecular weight is 479 g/mol. The number of carbonyl (C=O) groups is 3. The van der Waals surface area contributed by atoms with Gasteiger partial charge >= 0.3 is 12.1 Å². The number of aliphatic carboxylic acids is 1. The van der Waals surface area contributed by atoms with Crippen LogP contribution in [0.2, 0.25) is 0 Å². The summed E-state index contributed by atoms with van der Waals surface area (Å²) in [5.74, 6) is -1.57. The molecule has 184 valence electrons. The largest absolute Gasteiger partial charge is 0.480 e. The molecule has 3 aliphatic rings. The van der Waals surface area contributed by atoms with Crippen LogP contribution in [0, 0.1) is 5.92 Å². The summed E-state index contributed by atoms with van der Waals surface area (Å²) < 4.78 is 11.3. The van der Waals surface area contributed by atoms with Crippen molar-refractivity contribution in [1.82, 2.24) is 10.2 Å². The molecule has 2 N–H and O–H groups in total. The molecule has 2 aliphatic heterocycles. The number of carboxylic acids is 1. The van der Waals surface area contributed by atoms with Crippen LogP contribution in [0.3, 0.4) is 0 Å². The summed E-state index contributed by atoms with van der Waals surface area (Å²) in [5, 5.41) is 12.3. The first-order valence-electron chi connectivity index (χ1n) is 12.1. The third kappa shape index (κ3) is 4.27. The lowest BCUT2D eigenvalue weighted by molar-refractivity contribution is -0.157. The highest BCUT2D eigenvalue weighted by Gasteiger charge is 2.48. The second-order valence-corrected chi connectivity index (χ2v) is 9.77. The Balaban J connectivity index is 1.12. The lowest BCUT2D eigenvalue weighted by atomic mass is 9.96. The molecule has 0 bridgehead atoms. The Hall–Kier alpha value is -3.39. The van der Waals surface area contributed by atoms with Gasteiger partial charge in [-0.05, 0) is 48.4 Å². The number of nitrogens with zero attached hydrogens (tertiary/aromatic N) is 1. The smallest absolute Gasteiger partial charge is 0.407 e. The minimum Gasteiger partial charge on any atom is -0.480 e. The quantitative estimate of drug-likeness (QED) is 0.659. The third-order valence-corrected chi connectivity index (χ3v) is 7.62. The van der Waals surface area contributed by atoms with Crippen molar-refractivity contribution in [2.24, 2.45) is 5.92 Å². The van der Waals surface area contributed by atoms with E-state index in [1.807, 2.05) is 24.3 Å². The number of carbonyl (C=O) groups excluding carboxylic acids is 2. The molecule has 0 saturated carbocycles. The maximum atomic E-state index is 13.0. The first-order valence-corrected chi connectivity index (χ1v) is 12.1. The van der Waals surface area contributed by atoms with E-state index < -0.39 is 23.5 Å². The number of benzene rings is 2. The molecule has 2 aromatic rings. The summed E-state index contributed by atoms with van der Waals surface area (Å²) in [5.41, 5.74) is 3.48. The van der Waals surface area contributed by atoms with Gasteiger partial charge in [0.2, 0.25) is 5.91 Å². The fraction of sp³-hybridized carbons (Fsp3) is 0.444. The molecule has 8 nitrogen and oxygen atoms in total. The highest BCUT2D eigenvalue weighted by atomic mass is 16.5. The highest BCUT2D eigenvalue weighted by molar-refractivity contribution is 5.88. The number of rotatable bonds is 6. The molecule has 2 saturated heterocycles. The minimum atomic E-state index is -1.16. The summed E-state index contributed by atoms with van der Waals surface area (Å²) in [6.07, 6.45) is 0.726. The van der Waals surface area contributed by atoms with Gasteiger partial charge in [0.15, 0.2) is 0 Å². The van der Waals surface area contributed by atoms with Crippen LogP contribution in [-0.2, 0) is 19.1 Å². The summed E-state index contributed by atoms with van der Waals surface area (Å²) in [7, 11) is 0. The number of nitrogens with one attached hydrogen (secondary N) is 1. The molecule has 2 heterocycles. The van der Waals surface area contributed by atoms with Gasteiger partial charge in [-0.2, -0.15) is 0 Å². The van der Waals surface area contributed by atoms with Gasteiger partial charge in [-0.25, -0.2) is 9.59 Å². The van der Waals surface area contributed by atoms with E-state index >= 15 is 0 Å². The van der Waals surface area contributed by atoms with E-state index in [9.17, 15) is 19.5 Å². The topological polar surface area (TPSA) is 105 Å². The van der Waals surface area contributed by atoms with Gasteiger partial charge in [-0.15, -0.1) is 0 Å². The van der Waals surface area contributed by atoms with Crippen LogP contribution in [0.5, 0.6) is 0 Å². The maximum Gasteiger partial charge on any atom is 0.407 e. The Labute approximate surface area is 204 Å². The van der Waals surface area contributed by atoms with Crippen LogP contribution in [0.25, 0.3) is 11.1 Å². The Kier molecular flexibility index (Phi) is 6.23. The second kappa shape index (κ2) is 9.34. The predicted octanol–water partition coefficient (Wildman–Crippen LogP) is 3.40. The molecule has 2 aromatic carbocycles. The van der Waals surface area contributed by atoms with E-state index in [1.165, 1.54) is 16.0 Å². The molecule has 2 fully saturated rings. The Bertz CT molecular complexity index is 1100. The van der Waals surface area contributed by atoms with Gasteiger partial charge in [0.1, 0.15) is 12.1 Å². The number of alkyl carbamates (subject to hydrolysis) is 1. The Morgan fingerprint density at radius 2 is 1.77 bits per heavy atom. The zero-order chi connectivity index (χ0) is 24.6. The Morgan fingerprint density at radius 1 is 1.11 bits per heavy atom. The number of hydrogen-bond acceptors (Lipinski definition) is 5. The summed E-state index contributed by atoms with van der Waals surface area (Å²) in [4.78, 5) is 38.6. The van der Waals surface area contributed by atoms with Crippen LogP contribution in [0.15, 0.2) is 48.5 Å². The standard InChI is InChI=1S/C27H30N2O6/c1-27(25(31)32)11-6-12-29(27)24(30)17-13-18(34-15-17)14-28-26(33)35-16-23-21-9-4-2-7-19(21)20-8-3-5-10-22(20)23/h2-5,7-10,17-18,23H,6,11-16H2,1H3,(H,28,33)(H,31,32)/t17-,18-,27-/m0/s1. The lowest BCUT2D eigenvalue weighted by Crippen LogP contribution is -2.52. The molecule has 8 heteroatoms. The molecular weight excluding hydrogens is 448 g/mol. The molecule has 0 aromatic heterocycles. The predicted molar refractivity (Wildman–Crippen MR) is 128 cm³/mol. The first-order chi connectivity index (χ1) is 16.9. The second-order valence-electron chi connectivity index (χ2n) is 9.77. The van der Waals surface area contributed by atoms with E-state index in [1.54, 1.807) is 6.92 Å². The molecule has 35 heavy (non-hydrogen) atoms. The minimum absolute atomic E-state index is 0.0121. The molecule has 2 amide bonds. The zero-order valence-electron chi connectivity index (χ0n) is 19.7. The van der Waals surface area contributed by atoms with Crippen molar-refractivity contribution in [1.29, 1.82) is 0 Å². The van der Waals surface area contributed by atoms with Gasteiger partial charge < -0.3 is 24.8 Å². The SMILES string of the molecule is C[C@@]1(C(=O)O)CCCN1C(=O)[C@@H]1CO[C@H](CNC(=O)OCC2c3ccccc3-c3ccccc32)C1. The van der Waals surface area contributed by atoms with Crippen molar-refractivity contribution in [3.63, 3.8) is 0 Å². The van der Waals surface area contributed by atoms with Crippen molar-refractivity contribution in [3.8, 4) is 11.1 Å². The van der Waals surface area contributed by atoms with E-state index in [2.05, 4.69) is 29.6 Å². The van der Waals surface area contributed by atoms with Gasteiger partial charge in [0.25, 0.3) is 0 Å². The van der Waals surface area contributed by atoms with Crippen LogP contribution < -0.4 is 5.32 Å². The van der Waals surface area contributed by atoms with Crippen molar-refractivity contribution >= 4 is 18.0 Å². The monoisotopic (exact) mass is 478 g/mol. The van der Waals surface area contributed by atoms with Crippen LogP contribution in [0.4, 0.5) is 4.79 Å². The van der Waals surface area contributed by atoms with Crippen molar-refractivity contribution in [2.45, 2.75) is 43.7 Å². The number of hydrogen-bond donors (Lipinski definition) is 2. The fourth-order valence-electron chi connectivity index (χ4n) is 5.63. The molecule has 5 rings (SSSR count). The highest BCUT2D eigenvalue weighted by Crippen LogP contribution is 2.44. The number of amides is 2. The number of fused-ring (bicyclic) bond motifs is 3. The maximum absolute atomic E-state index is 13.0. The molecule has 3 atom stereocenters. The molecule has 0 radical (unpaired) electrons. The number of carboxylic acid groups (broad SMARTS) is 1. The summed E-state index contributed by atoms with van der Waals surface area (Å²) >= 11 is 0. The van der Waals surface area contributed by atoms with E-state index in [0.29, 0.717) is 25.8 Å². The lowest BCUT2D eigenvalue weighted by Gasteiger charge is -2.32. The fourth-order valence-corrected chi connectivity index (χ4v) is 5.63. The normalized spacial score (nSPS) is 25.2. The van der Waals surface area contributed by atoms with Gasteiger partial charge in [0, 0.05) is 19.0 Å². The van der Waals surface area contributed by atoms with Gasteiger partial charge in [-0.3, -0.25) is 4.79 Å². The molecule has 1 aliphatic carbocycles. The van der Waals surface area contributed by atoms with Crippen LogP contribution >= 0.6 is 0 Å². The third-order valence-electron chi connectivity index (χ3n) is 7.62. The Morgan fingerprint density at radius 3 is 2.43 bits per heavy atom. The summed E-state index contributed by atoms with van der Waals surface area (Å²) in [6, 6.07) is 16.3. The summed E-state index contributed by atoms with van der Waals surface area (Å²) in [6.45, 7) is 2.74. The molecule has 0 spiro atoms. The number of likely N-dealkylation sites (tertiary alicyclic amines) is 1. The molecule has 0 unspecified atom stereocenters. The van der Waals surface area contributed by atoms with Crippen LogP contribution in [0.1, 0.15) is 43.2 Å². The average Bonchev–Trinajstić information content (AvgIpc) is 3.57. The first kappa shape index (κ1) is 23.4. The van der Waals surface area contributed by atoms with Crippen LogP contribution in [-0.4, -0.2) is 65.9 Å². The van der Waals surface area contributed by atoms with E-state index in [-0.39, 0.29) is 37.7 Å². The van der Waals surface area contributed by atoms with Crippen molar-refractivity contribution < 1.29 is 29.0 Å². The van der Waals surface area contributed by atoms with Crippen molar-refractivity contribution in [3.05, 3.63) is 59.7 Å².